The summed E-state index contributed by atoms with van der Waals surface area (Å²) < 4.78 is 0. The van der Waals surface area contributed by atoms with Crippen molar-refractivity contribution in [3.63, 3.8) is 0 Å². The van der Waals surface area contributed by atoms with Gasteiger partial charge in [0.05, 0.1) is 0 Å². The second kappa shape index (κ2) is 4.66. The standard InChI is InChI=1S/C7H18N4/c1-11(2)4-3-7-5-8-10-9-6-7/h7-10H,3-6H2,1-2H3. The van der Waals surface area contributed by atoms with Gasteiger partial charge in [-0.2, -0.15) is 5.53 Å². The van der Waals surface area contributed by atoms with E-state index in [2.05, 4.69) is 35.4 Å². The van der Waals surface area contributed by atoms with Crippen molar-refractivity contribution in [3.05, 3.63) is 0 Å². The summed E-state index contributed by atoms with van der Waals surface area (Å²) in [6, 6.07) is 0. The highest BCUT2D eigenvalue weighted by atomic mass is 15.6. The molecule has 1 rings (SSSR count). The Morgan fingerprint density at radius 3 is 2.45 bits per heavy atom. The van der Waals surface area contributed by atoms with Crippen LogP contribution in [0.4, 0.5) is 0 Å². The number of hydrazine groups is 2. The van der Waals surface area contributed by atoms with E-state index in [-0.39, 0.29) is 0 Å². The first kappa shape index (κ1) is 8.93. The normalized spacial score (nSPS) is 21.0. The first-order valence-electron chi connectivity index (χ1n) is 4.14. The lowest BCUT2D eigenvalue weighted by atomic mass is 10.1. The largest absolute Gasteiger partial charge is 0.309 e. The van der Waals surface area contributed by atoms with Crippen LogP contribution in [0.1, 0.15) is 6.42 Å². The molecule has 1 aliphatic heterocycles. The third-order valence-electron chi connectivity index (χ3n) is 1.94. The van der Waals surface area contributed by atoms with Crippen molar-refractivity contribution < 1.29 is 0 Å². The van der Waals surface area contributed by atoms with E-state index in [9.17, 15) is 0 Å². The minimum absolute atomic E-state index is 0.763. The van der Waals surface area contributed by atoms with E-state index < -0.39 is 0 Å². The van der Waals surface area contributed by atoms with Crippen molar-refractivity contribution in [2.45, 2.75) is 6.42 Å². The molecule has 0 aromatic carbocycles. The molecule has 3 N–H and O–H groups in total. The lowest BCUT2D eigenvalue weighted by Crippen LogP contribution is -2.54. The molecule has 0 saturated carbocycles. The molecule has 0 unspecified atom stereocenters. The first-order valence-corrected chi connectivity index (χ1v) is 4.14. The van der Waals surface area contributed by atoms with Gasteiger partial charge in [-0.3, -0.25) is 0 Å². The maximum absolute atomic E-state index is 3.08. The van der Waals surface area contributed by atoms with Gasteiger partial charge in [0.15, 0.2) is 0 Å². The highest BCUT2D eigenvalue weighted by Gasteiger charge is 2.11. The Kier molecular flexibility index (Phi) is 3.79. The average molecular weight is 158 g/mol. The SMILES string of the molecule is CN(C)CCC1CNNNC1. The predicted octanol–water partition coefficient (Wildman–Crippen LogP) is -0.833. The molecule has 0 aromatic rings. The summed E-state index contributed by atoms with van der Waals surface area (Å²) in [6.07, 6.45) is 1.26. The zero-order valence-electron chi connectivity index (χ0n) is 7.35. The summed E-state index contributed by atoms with van der Waals surface area (Å²) in [6.45, 7) is 3.32. The van der Waals surface area contributed by atoms with Crippen molar-refractivity contribution >= 4 is 0 Å². The molecular formula is C7H18N4. The quantitative estimate of drug-likeness (QED) is 0.501. The van der Waals surface area contributed by atoms with Gasteiger partial charge in [0.1, 0.15) is 0 Å². The fourth-order valence-electron chi connectivity index (χ4n) is 1.17. The van der Waals surface area contributed by atoms with Crippen LogP contribution in [0.15, 0.2) is 0 Å². The number of rotatable bonds is 3. The molecule has 0 aliphatic carbocycles. The van der Waals surface area contributed by atoms with Crippen LogP contribution in [-0.4, -0.2) is 38.6 Å². The Bertz CT molecular complexity index is 98.6. The summed E-state index contributed by atoms with van der Waals surface area (Å²) in [5.74, 6) is 0.763. The van der Waals surface area contributed by atoms with Crippen LogP contribution >= 0.6 is 0 Å². The van der Waals surface area contributed by atoms with E-state index in [1.54, 1.807) is 0 Å². The van der Waals surface area contributed by atoms with Crippen LogP contribution in [0.25, 0.3) is 0 Å². The summed E-state index contributed by atoms with van der Waals surface area (Å²) in [7, 11) is 4.23. The second-order valence-electron chi connectivity index (χ2n) is 3.34. The predicted molar refractivity (Wildman–Crippen MR) is 45.8 cm³/mol. The molecule has 0 radical (unpaired) electrons. The Morgan fingerprint density at radius 1 is 1.27 bits per heavy atom. The van der Waals surface area contributed by atoms with Gasteiger partial charge in [0.25, 0.3) is 0 Å². The van der Waals surface area contributed by atoms with Crippen molar-refractivity contribution in [3.8, 4) is 0 Å². The van der Waals surface area contributed by atoms with E-state index in [4.69, 9.17) is 0 Å². The number of nitrogens with zero attached hydrogens (tertiary/aromatic N) is 1. The third kappa shape index (κ3) is 3.67. The van der Waals surface area contributed by atoms with E-state index in [1.807, 2.05) is 0 Å². The monoisotopic (exact) mass is 158 g/mol. The molecule has 0 aromatic heterocycles. The maximum atomic E-state index is 3.08. The van der Waals surface area contributed by atoms with Crippen LogP contribution in [0.3, 0.4) is 0 Å². The molecule has 1 heterocycles. The Hall–Kier alpha value is -0.160. The van der Waals surface area contributed by atoms with Gasteiger partial charge in [-0.25, -0.2) is 10.9 Å². The van der Waals surface area contributed by atoms with Gasteiger partial charge < -0.3 is 4.90 Å². The highest BCUT2D eigenvalue weighted by Crippen LogP contribution is 2.01. The van der Waals surface area contributed by atoms with Gasteiger partial charge in [-0.15, -0.1) is 0 Å². The molecular weight excluding hydrogens is 140 g/mol. The molecule has 4 nitrogen and oxygen atoms in total. The minimum atomic E-state index is 0.763. The van der Waals surface area contributed by atoms with Crippen molar-refractivity contribution in [2.75, 3.05) is 33.7 Å². The number of nitrogens with one attached hydrogen (secondary N) is 3. The zero-order chi connectivity index (χ0) is 8.10. The summed E-state index contributed by atoms with van der Waals surface area (Å²) >= 11 is 0. The smallest absolute Gasteiger partial charge is 0.0154 e. The van der Waals surface area contributed by atoms with Crippen LogP contribution < -0.4 is 16.4 Å². The molecule has 0 spiro atoms. The molecule has 0 bridgehead atoms. The summed E-state index contributed by atoms with van der Waals surface area (Å²) in [5.41, 5.74) is 9.05. The first-order chi connectivity index (χ1) is 5.29. The molecule has 1 fully saturated rings. The minimum Gasteiger partial charge on any atom is -0.309 e. The molecule has 4 heteroatoms. The van der Waals surface area contributed by atoms with E-state index >= 15 is 0 Å². The van der Waals surface area contributed by atoms with Crippen LogP contribution in [-0.2, 0) is 0 Å². The fraction of sp³-hybridized carbons (Fsp3) is 1.00. The summed E-state index contributed by atoms with van der Waals surface area (Å²) in [5, 5.41) is 0. The lowest BCUT2D eigenvalue weighted by Gasteiger charge is -2.25. The fourth-order valence-corrected chi connectivity index (χ4v) is 1.17. The number of hydrogen-bond donors (Lipinski definition) is 3. The molecule has 11 heavy (non-hydrogen) atoms. The van der Waals surface area contributed by atoms with Crippen molar-refractivity contribution in [1.29, 1.82) is 0 Å². The van der Waals surface area contributed by atoms with Gasteiger partial charge in [-0.1, -0.05) is 0 Å². The highest BCUT2D eigenvalue weighted by molar-refractivity contribution is 4.67. The van der Waals surface area contributed by atoms with Gasteiger partial charge in [0, 0.05) is 13.1 Å². The van der Waals surface area contributed by atoms with Crippen LogP contribution in [0, 0.1) is 5.92 Å². The van der Waals surface area contributed by atoms with Crippen LogP contribution in [0.5, 0.6) is 0 Å². The van der Waals surface area contributed by atoms with E-state index in [0.717, 1.165) is 19.0 Å². The summed E-state index contributed by atoms with van der Waals surface area (Å²) in [4.78, 5) is 2.22. The molecule has 1 aliphatic rings. The second-order valence-corrected chi connectivity index (χ2v) is 3.34. The van der Waals surface area contributed by atoms with Gasteiger partial charge >= 0.3 is 0 Å². The molecule has 0 amide bonds. The van der Waals surface area contributed by atoms with Crippen LogP contribution in [0.2, 0.25) is 0 Å². The maximum Gasteiger partial charge on any atom is 0.0154 e. The van der Waals surface area contributed by atoms with Crippen molar-refractivity contribution in [1.82, 2.24) is 21.3 Å². The van der Waals surface area contributed by atoms with Gasteiger partial charge in [0.2, 0.25) is 0 Å². The lowest BCUT2D eigenvalue weighted by molar-refractivity contribution is 0.257. The zero-order valence-corrected chi connectivity index (χ0v) is 7.35. The number of hydrogen-bond acceptors (Lipinski definition) is 4. The Balaban J connectivity index is 2.05. The van der Waals surface area contributed by atoms with Crippen molar-refractivity contribution in [2.24, 2.45) is 5.92 Å². The molecule has 0 atom stereocenters. The molecule has 66 valence electrons. The van der Waals surface area contributed by atoms with Gasteiger partial charge in [-0.05, 0) is 33.0 Å². The van der Waals surface area contributed by atoms with E-state index in [1.165, 1.54) is 13.0 Å². The van der Waals surface area contributed by atoms with E-state index in [0.29, 0.717) is 0 Å². The topological polar surface area (TPSA) is 39.3 Å². The molecule has 1 saturated heterocycles. The Morgan fingerprint density at radius 2 is 1.91 bits per heavy atom. The average Bonchev–Trinajstić information content (AvgIpc) is 2.03. The Labute approximate surface area is 68.3 Å². The third-order valence-corrected chi connectivity index (χ3v) is 1.94.